The molecule has 4 N–H and O–H groups in total. The quantitative estimate of drug-likeness (QED) is 0.601. The number of piperazine rings is 1. The zero-order valence-corrected chi connectivity index (χ0v) is 16.0. The number of nitrogen functional groups attached to an aromatic ring is 1. The maximum Gasteiger partial charge on any atom is 0.340 e. The second-order valence-electron chi connectivity index (χ2n) is 6.40. The molecule has 2 aromatic rings. The molecule has 0 radical (unpaired) electrons. The van der Waals surface area contributed by atoms with E-state index < -0.39 is 5.97 Å². The van der Waals surface area contributed by atoms with E-state index in [1.54, 1.807) is 25.1 Å². The minimum Gasteiger partial charge on any atom is -0.462 e. The lowest BCUT2D eigenvalue weighted by Crippen LogP contribution is -2.47. The van der Waals surface area contributed by atoms with Crippen LogP contribution in [0.15, 0.2) is 30.6 Å². The van der Waals surface area contributed by atoms with Gasteiger partial charge in [-0.25, -0.2) is 14.8 Å². The molecule has 2 heterocycles. The molecular weight excluding hydrogens is 360 g/mol. The van der Waals surface area contributed by atoms with Crippen molar-refractivity contribution in [3.8, 4) is 0 Å². The van der Waals surface area contributed by atoms with E-state index in [1.165, 1.54) is 6.33 Å². The van der Waals surface area contributed by atoms with Crippen LogP contribution in [0.1, 0.15) is 17.3 Å². The van der Waals surface area contributed by atoms with E-state index in [0.29, 0.717) is 41.7 Å². The molecule has 0 aliphatic carbocycles. The molecule has 0 bridgehead atoms. The number of hydrogen-bond acceptors (Lipinski definition) is 9. The lowest BCUT2D eigenvalue weighted by Gasteiger charge is -2.35. The molecule has 1 fully saturated rings. The number of β-amino-alcohol motifs (C(OH)–C–C–N with tert-alkyl or cyclic N) is 1. The summed E-state index contributed by atoms with van der Waals surface area (Å²) < 4.78 is 5.11. The van der Waals surface area contributed by atoms with E-state index in [0.717, 1.165) is 26.2 Å². The highest BCUT2D eigenvalue weighted by atomic mass is 16.5. The second-order valence-corrected chi connectivity index (χ2v) is 6.40. The second kappa shape index (κ2) is 9.34. The Bertz CT molecular complexity index is 808. The molecule has 150 valence electrons. The fourth-order valence-corrected chi connectivity index (χ4v) is 3.17. The van der Waals surface area contributed by atoms with E-state index in [4.69, 9.17) is 15.6 Å². The Morgan fingerprint density at radius 2 is 2.00 bits per heavy atom. The molecule has 1 aliphatic rings. The van der Waals surface area contributed by atoms with Gasteiger partial charge in [0, 0.05) is 32.7 Å². The van der Waals surface area contributed by atoms with Crippen LogP contribution in [0, 0.1) is 0 Å². The van der Waals surface area contributed by atoms with Crippen LogP contribution < -0.4 is 16.0 Å². The molecule has 1 aliphatic heterocycles. The van der Waals surface area contributed by atoms with Gasteiger partial charge in [-0.3, -0.25) is 4.90 Å². The number of aliphatic hydroxyl groups excluding tert-OH is 1. The fraction of sp³-hybridized carbons (Fsp3) is 0.421. The van der Waals surface area contributed by atoms with Crippen LogP contribution in [0.25, 0.3) is 0 Å². The molecule has 0 amide bonds. The van der Waals surface area contributed by atoms with Crippen molar-refractivity contribution in [3.63, 3.8) is 0 Å². The van der Waals surface area contributed by atoms with E-state index in [1.807, 2.05) is 6.07 Å². The molecule has 0 saturated carbocycles. The van der Waals surface area contributed by atoms with Crippen LogP contribution >= 0.6 is 0 Å². The highest BCUT2D eigenvalue weighted by Gasteiger charge is 2.21. The van der Waals surface area contributed by atoms with Crippen molar-refractivity contribution in [3.05, 3.63) is 36.2 Å². The lowest BCUT2D eigenvalue weighted by molar-refractivity contribution is 0.0527. The molecular formula is C19H26N6O3. The first kappa shape index (κ1) is 19.8. The summed E-state index contributed by atoms with van der Waals surface area (Å²) in [5.74, 6) is 0.702. The number of aromatic nitrogens is 2. The minimum absolute atomic E-state index is 0.156. The Morgan fingerprint density at radius 3 is 2.71 bits per heavy atom. The Morgan fingerprint density at radius 1 is 1.25 bits per heavy atom. The van der Waals surface area contributed by atoms with Crippen molar-refractivity contribution >= 4 is 29.0 Å². The first-order chi connectivity index (χ1) is 13.6. The van der Waals surface area contributed by atoms with Gasteiger partial charge in [0.05, 0.1) is 24.5 Å². The van der Waals surface area contributed by atoms with Crippen molar-refractivity contribution in [1.82, 2.24) is 14.9 Å². The summed E-state index contributed by atoms with van der Waals surface area (Å²) in [5, 5.41) is 12.2. The first-order valence-corrected chi connectivity index (χ1v) is 9.35. The number of aliphatic hydroxyl groups is 1. The standard InChI is InChI=1S/C19H26N6O3/c1-2-28-19(27)14-5-3-4-6-15(14)23-17-16(20)18(22-13-21-17)25-9-7-24(8-10-25)11-12-26/h3-6,13,26H,2,7-12,20H2,1H3,(H,21,22,23). The van der Waals surface area contributed by atoms with Gasteiger partial charge in [0.15, 0.2) is 11.6 Å². The molecule has 9 nitrogen and oxygen atoms in total. The highest BCUT2D eigenvalue weighted by Crippen LogP contribution is 2.30. The third-order valence-corrected chi connectivity index (χ3v) is 4.63. The van der Waals surface area contributed by atoms with Crippen molar-refractivity contribution in [1.29, 1.82) is 0 Å². The topological polar surface area (TPSA) is 117 Å². The summed E-state index contributed by atoms with van der Waals surface area (Å²) >= 11 is 0. The molecule has 1 saturated heterocycles. The van der Waals surface area contributed by atoms with Gasteiger partial charge in [-0.05, 0) is 19.1 Å². The molecule has 0 unspecified atom stereocenters. The van der Waals surface area contributed by atoms with Gasteiger partial charge in [-0.1, -0.05) is 12.1 Å². The van der Waals surface area contributed by atoms with Gasteiger partial charge in [0.25, 0.3) is 0 Å². The summed E-state index contributed by atoms with van der Waals surface area (Å²) in [6.45, 7) is 6.09. The molecule has 0 atom stereocenters. The number of hydrogen-bond donors (Lipinski definition) is 3. The average molecular weight is 386 g/mol. The van der Waals surface area contributed by atoms with Crippen LogP contribution in [0.2, 0.25) is 0 Å². The van der Waals surface area contributed by atoms with Crippen molar-refractivity contribution in [2.24, 2.45) is 0 Å². The predicted octanol–water partition coefficient (Wildman–Crippen LogP) is 1.09. The van der Waals surface area contributed by atoms with E-state index in [2.05, 4.69) is 25.1 Å². The third kappa shape index (κ3) is 4.49. The molecule has 1 aromatic carbocycles. The summed E-state index contributed by atoms with van der Waals surface area (Å²) in [5.41, 5.74) is 7.76. The van der Waals surface area contributed by atoms with Gasteiger partial charge < -0.3 is 25.8 Å². The number of para-hydroxylation sites is 1. The molecule has 3 rings (SSSR count). The Kier molecular flexibility index (Phi) is 6.62. The minimum atomic E-state index is -0.404. The van der Waals surface area contributed by atoms with E-state index in [9.17, 15) is 4.79 Å². The Labute approximate surface area is 164 Å². The number of carbonyl (C=O) groups is 1. The largest absolute Gasteiger partial charge is 0.462 e. The number of anilines is 4. The van der Waals surface area contributed by atoms with Crippen molar-refractivity contribution < 1.29 is 14.6 Å². The predicted molar refractivity (Wildman–Crippen MR) is 108 cm³/mol. The summed E-state index contributed by atoms with van der Waals surface area (Å²) in [6, 6.07) is 7.07. The Hall–Kier alpha value is -2.91. The fourth-order valence-electron chi connectivity index (χ4n) is 3.17. The zero-order chi connectivity index (χ0) is 19.9. The number of carbonyl (C=O) groups excluding carboxylic acids is 1. The summed E-state index contributed by atoms with van der Waals surface area (Å²) in [7, 11) is 0. The third-order valence-electron chi connectivity index (χ3n) is 4.63. The molecule has 0 spiro atoms. The molecule has 28 heavy (non-hydrogen) atoms. The van der Waals surface area contributed by atoms with Crippen molar-refractivity contribution in [2.45, 2.75) is 6.92 Å². The van der Waals surface area contributed by atoms with Crippen molar-refractivity contribution in [2.75, 3.05) is 61.9 Å². The van der Waals surface area contributed by atoms with Crippen LogP contribution in [0.3, 0.4) is 0 Å². The maximum atomic E-state index is 12.2. The van der Waals surface area contributed by atoms with Crippen LogP contribution in [0.4, 0.5) is 23.0 Å². The number of esters is 1. The lowest BCUT2D eigenvalue weighted by atomic mass is 10.1. The smallest absolute Gasteiger partial charge is 0.340 e. The summed E-state index contributed by atoms with van der Waals surface area (Å²) in [4.78, 5) is 25.1. The first-order valence-electron chi connectivity index (χ1n) is 9.35. The van der Waals surface area contributed by atoms with Gasteiger partial charge in [0.2, 0.25) is 0 Å². The van der Waals surface area contributed by atoms with Gasteiger partial charge >= 0.3 is 5.97 Å². The monoisotopic (exact) mass is 386 g/mol. The number of nitrogens with one attached hydrogen (secondary N) is 1. The summed E-state index contributed by atoms with van der Waals surface area (Å²) in [6.07, 6.45) is 1.46. The molecule has 9 heteroatoms. The van der Waals surface area contributed by atoms with Crippen LogP contribution in [-0.2, 0) is 4.74 Å². The normalized spacial score (nSPS) is 14.7. The van der Waals surface area contributed by atoms with Gasteiger partial charge in [0.1, 0.15) is 12.0 Å². The number of ether oxygens (including phenoxy) is 1. The number of nitrogens with zero attached hydrogens (tertiary/aromatic N) is 4. The molecule has 1 aromatic heterocycles. The van der Waals surface area contributed by atoms with Crippen LogP contribution in [-0.4, -0.2) is 71.9 Å². The Balaban J connectivity index is 1.79. The van der Waals surface area contributed by atoms with E-state index >= 15 is 0 Å². The average Bonchev–Trinajstić information content (AvgIpc) is 2.71. The number of nitrogens with two attached hydrogens (primary N) is 1. The SMILES string of the molecule is CCOC(=O)c1ccccc1Nc1ncnc(N2CCN(CCO)CC2)c1N. The maximum absolute atomic E-state index is 12.2. The van der Waals surface area contributed by atoms with E-state index in [-0.39, 0.29) is 6.61 Å². The number of rotatable bonds is 7. The highest BCUT2D eigenvalue weighted by molar-refractivity contribution is 5.97. The van der Waals surface area contributed by atoms with Crippen LogP contribution in [0.5, 0.6) is 0 Å². The van der Waals surface area contributed by atoms with Gasteiger partial charge in [-0.15, -0.1) is 0 Å². The number of benzene rings is 1. The zero-order valence-electron chi connectivity index (χ0n) is 16.0. The van der Waals surface area contributed by atoms with Gasteiger partial charge in [-0.2, -0.15) is 0 Å².